The summed E-state index contributed by atoms with van der Waals surface area (Å²) in [6.07, 6.45) is 3.02. The van der Waals surface area contributed by atoms with Crippen molar-refractivity contribution in [3.05, 3.63) is 76.3 Å². The molecule has 0 saturated carbocycles. The Kier molecular flexibility index (Phi) is 12.4. The summed E-state index contributed by atoms with van der Waals surface area (Å²) in [7, 11) is 4.69. The number of anilines is 1. The molecule has 0 spiro atoms. The summed E-state index contributed by atoms with van der Waals surface area (Å²) >= 11 is 0. The van der Waals surface area contributed by atoms with Crippen LogP contribution in [0.3, 0.4) is 0 Å². The van der Waals surface area contributed by atoms with Crippen molar-refractivity contribution >= 4 is 22.9 Å². The molecule has 0 bridgehead atoms. The molecule has 1 saturated heterocycles. The second-order valence-electron chi connectivity index (χ2n) is 12.9. The van der Waals surface area contributed by atoms with Crippen LogP contribution in [0.4, 0.5) is 5.95 Å². The van der Waals surface area contributed by atoms with Gasteiger partial charge >= 0.3 is 0 Å². The van der Waals surface area contributed by atoms with Gasteiger partial charge in [0, 0.05) is 55.9 Å². The zero-order valence-corrected chi connectivity index (χ0v) is 30.2. The number of ether oxygens (including phenoxy) is 4. The van der Waals surface area contributed by atoms with E-state index in [1.54, 1.807) is 27.4 Å². The molecule has 10 nitrogen and oxygen atoms in total. The zero-order chi connectivity index (χ0) is 34.9. The lowest BCUT2D eigenvalue weighted by molar-refractivity contribution is 0.0948. The number of amides is 1. The van der Waals surface area contributed by atoms with Crippen LogP contribution in [0.1, 0.15) is 64.7 Å². The minimum Gasteiger partial charge on any atom is -0.493 e. The maximum Gasteiger partial charge on any atom is 0.251 e. The van der Waals surface area contributed by atoms with E-state index in [1.165, 1.54) is 16.7 Å². The number of piperidine rings is 1. The number of hydrogen-bond donors (Lipinski definition) is 2. The number of aryl methyl sites for hydroxylation is 2. The molecule has 1 fully saturated rings. The fourth-order valence-corrected chi connectivity index (χ4v) is 6.79. The number of nitrogens with one attached hydrogen (secondary N) is 2. The van der Waals surface area contributed by atoms with Crippen LogP contribution in [-0.4, -0.2) is 87.1 Å². The van der Waals surface area contributed by atoms with Crippen LogP contribution in [-0.2, 0) is 11.3 Å². The van der Waals surface area contributed by atoms with E-state index in [0.29, 0.717) is 54.2 Å². The number of hydrogen-bond acceptors (Lipinski definition) is 8. The quantitative estimate of drug-likeness (QED) is 0.130. The van der Waals surface area contributed by atoms with Gasteiger partial charge in [-0.1, -0.05) is 30.3 Å². The van der Waals surface area contributed by atoms with Gasteiger partial charge in [0.15, 0.2) is 11.5 Å². The van der Waals surface area contributed by atoms with Crippen LogP contribution in [0.25, 0.3) is 11.0 Å². The molecule has 3 aromatic carbocycles. The Hall–Kier alpha value is -4.28. The summed E-state index contributed by atoms with van der Waals surface area (Å²) in [6, 6.07) is 17.0. The second kappa shape index (κ2) is 16.9. The van der Waals surface area contributed by atoms with Crippen LogP contribution in [0.2, 0.25) is 0 Å². The maximum absolute atomic E-state index is 13.6. The van der Waals surface area contributed by atoms with Crippen LogP contribution in [0, 0.1) is 20.8 Å². The third kappa shape index (κ3) is 8.48. The van der Waals surface area contributed by atoms with Crippen molar-refractivity contribution in [1.29, 1.82) is 0 Å². The van der Waals surface area contributed by atoms with Gasteiger partial charge in [-0.2, -0.15) is 0 Å². The first-order valence-electron chi connectivity index (χ1n) is 17.4. The largest absolute Gasteiger partial charge is 0.493 e. The number of aromatic nitrogens is 2. The zero-order valence-electron chi connectivity index (χ0n) is 30.2. The Morgan fingerprint density at radius 3 is 2.39 bits per heavy atom. The monoisotopic (exact) mass is 671 g/mol. The molecule has 2 N–H and O–H groups in total. The summed E-state index contributed by atoms with van der Waals surface area (Å²) in [4.78, 5) is 21.1. The highest BCUT2D eigenvalue weighted by Gasteiger charge is 2.25. The molecule has 1 aromatic heterocycles. The number of imidazole rings is 1. The van der Waals surface area contributed by atoms with Gasteiger partial charge in [0.25, 0.3) is 5.91 Å². The molecular weight excluding hydrogens is 618 g/mol. The first-order valence-corrected chi connectivity index (χ1v) is 17.4. The maximum atomic E-state index is 13.6. The van der Waals surface area contributed by atoms with Gasteiger partial charge in [-0.25, -0.2) is 4.98 Å². The number of nitrogens with zero attached hydrogens (tertiary/aromatic N) is 3. The fraction of sp³-hybridized carbons (Fsp3) is 0.487. The summed E-state index contributed by atoms with van der Waals surface area (Å²) in [5.41, 5.74) is 7.12. The van der Waals surface area contributed by atoms with Crippen LogP contribution >= 0.6 is 0 Å². The molecule has 1 amide bonds. The van der Waals surface area contributed by atoms with E-state index >= 15 is 0 Å². The molecular formula is C39H53N5O5. The average molecular weight is 672 g/mol. The number of carbonyl (C=O) groups is 1. The minimum atomic E-state index is -0.162. The minimum absolute atomic E-state index is 0.159. The van der Waals surface area contributed by atoms with Crippen molar-refractivity contribution in [2.24, 2.45) is 0 Å². The summed E-state index contributed by atoms with van der Waals surface area (Å²) in [6.45, 7) is 13.8. The number of para-hydroxylation sites is 2. The average Bonchev–Trinajstić information content (AvgIpc) is 3.46. The summed E-state index contributed by atoms with van der Waals surface area (Å²) in [5, 5.41) is 6.99. The summed E-state index contributed by atoms with van der Waals surface area (Å²) < 4.78 is 24.6. The predicted octanol–water partition coefficient (Wildman–Crippen LogP) is 6.50. The van der Waals surface area contributed by atoms with Crippen LogP contribution in [0.5, 0.6) is 17.2 Å². The molecule has 0 radical (unpaired) electrons. The number of likely N-dealkylation sites (tertiary alicyclic amines) is 1. The van der Waals surface area contributed by atoms with E-state index in [-0.39, 0.29) is 11.8 Å². The lowest BCUT2D eigenvalue weighted by Crippen LogP contribution is -2.40. The number of rotatable bonds is 16. The van der Waals surface area contributed by atoms with Gasteiger partial charge in [0.05, 0.1) is 39.0 Å². The highest BCUT2D eigenvalue weighted by molar-refractivity contribution is 5.97. The Morgan fingerprint density at radius 2 is 1.69 bits per heavy atom. The number of fused-ring (bicyclic) bond motifs is 1. The van der Waals surface area contributed by atoms with Crippen molar-refractivity contribution in [3.63, 3.8) is 0 Å². The highest BCUT2D eigenvalue weighted by Crippen LogP contribution is 2.41. The fourth-order valence-electron chi connectivity index (χ4n) is 6.79. The number of benzene rings is 3. The molecule has 1 atom stereocenters. The van der Waals surface area contributed by atoms with Gasteiger partial charge in [-0.05, 0) is 88.4 Å². The van der Waals surface area contributed by atoms with Crippen molar-refractivity contribution in [1.82, 2.24) is 19.8 Å². The molecule has 49 heavy (non-hydrogen) atoms. The Morgan fingerprint density at radius 1 is 0.939 bits per heavy atom. The van der Waals surface area contributed by atoms with Gasteiger partial charge < -0.3 is 39.0 Å². The van der Waals surface area contributed by atoms with Crippen molar-refractivity contribution < 1.29 is 23.7 Å². The number of methoxy groups -OCH3 is 3. The molecule has 2 heterocycles. The van der Waals surface area contributed by atoms with E-state index in [9.17, 15) is 4.79 Å². The van der Waals surface area contributed by atoms with Crippen LogP contribution < -0.4 is 24.8 Å². The Bertz CT molecular complexity index is 1710. The third-order valence-electron chi connectivity index (χ3n) is 9.87. The Balaban J connectivity index is 1.23. The lowest BCUT2D eigenvalue weighted by atomic mass is 9.92. The first kappa shape index (κ1) is 36.0. The predicted molar refractivity (Wildman–Crippen MR) is 196 cm³/mol. The van der Waals surface area contributed by atoms with Crippen molar-refractivity contribution in [3.8, 4) is 17.2 Å². The topological polar surface area (TPSA) is 99.1 Å². The molecule has 5 rings (SSSR count). The molecule has 1 aliphatic heterocycles. The van der Waals surface area contributed by atoms with E-state index in [4.69, 9.17) is 23.9 Å². The van der Waals surface area contributed by atoms with Gasteiger partial charge in [-0.15, -0.1) is 0 Å². The SMILES string of the molecule is CCOCCn1c(NC2CCN(CCC(CNC(=O)c3cc(OC)c(OC)c(OC)c3C)c3ccc(C)c(C)c3)CC2)nc2ccccc21. The molecule has 4 aromatic rings. The normalized spacial score (nSPS) is 14.5. The van der Waals surface area contributed by atoms with Crippen molar-refractivity contribution in [2.45, 2.75) is 65.5 Å². The van der Waals surface area contributed by atoms with E-state index in [0.717, 1.165) is 62.4 Å². The van der Waals surface area contributed by atoms with E-state index in [2.05, 4.69) is 70.3 Å². The van der Waals surface area contributed by atoms with Gasteiger partial charge in [-0.3, -0.25) is 4.79 Å². The molecule has 264 valence electrons. The van der Waals surface area contributed by atoms with Crippen molar-refractivity contribution in [2.75, 3.05) is 66.0 Å². The molecule has 1 aliphatic rings. The van der Waals surface area contributed by atoms with E-state index < -0.39 is 0 Å². The first-order chi connectivity index (χ1) is 23.8. The number of carbonyl (C=O) groups excluding carboxylic acids is 1. The summed E-state index contributed by atoms with van der Waals surface area (Å²) in [5.74, 6) is 2.36. The van der Waals surface area contributed by atoms with Crippen LogP contribution in [0.15, 0.2) is 48.5 Å². The van der Waals surface area contributed by atoms with E-state index in [1.807, 2.05) is 19.9 Å². The lowest BCUT2D eigenvalue weighted by Gasteiger charge is -2.33. The smallest absolute Gasteiger partial charge is 0.251 e. The third-order valence-corrected chi connectivity index (χ3v) is 9.87. The Labute approximate surface area is 291 Å². The standard InChI is InChI=1S/C39H53N5O5/c1-8-49-22-21-44-34-12-10-9-11-33(34)42-39(44)41-31-16-19-43(20-17-31)18-15-30(29-14-13-26(2)27(3)23-29)25-40-38(45)32-24-35(46-5)37(48-7)36(47-6)28(32)4/h9-14,23-24,30-31H,8,15-22,25H2,1-7H3,(H,40,45)(H,41,42). The molecule has 10 heteroatoms. The van der Waals surface area contributed by atoms with Gasteiger partial charge in [0.2, 0.25) is 11.7 Å². The molecule has 0 aliphatic carbocycles. The highest BCUT2D eigenvalue weighted by atomic mass is 16.5. The van der Waals surface area contributed by atoms with Gasteiger partial charge in [0.1, 0.15) is 0 Å². The molecule has 1 unspecified atom stereocenters. The second-order valence-corrected chi connectivity index (χ2v) is 12.9.